The van der Waals surface area contributed by atoms with Gasteiger partial charge in [0.2, 0.25) is 0 Å². The van der Waals surface area contributed by atoms with Crippen molar-refractivity contribution < 1.29 is 4.52 Å². The van der Waals surface area contributed by atoms with Crippen LogP contribution in [0.5, 0.6) is 0 Å². The highest BCUT2D eigenvalue weighted by atomic mass is 35.5. The normalized spacial score (nSPS) is 17.8. The molecule has 0 aromatic carbocycles. The Bertz CT molecular complexity index is 848. The smallest absolute Gasteiger partial charge is 0.261 e. The van der Waals surface area contributed by atoms with Crippen LogP contribution in [0.3, 0.4) is 0 Å². The van der Waals surface area contributed by atoms with E-state index in [0.29, 0.717) is 11.7 Å². The van der Waals surface area contributed by atoms with Crippen LogP contribution in [0.25, 0.3) is 17.3 Å². The first kappa shape index (κ1) is 18.5. The zero-order chi connectivity index (χ0) is 17.2. The number of aromatic nitrogens is 5. The second kappa shape index (κ2) is 7.94. The minimum Gasteiger partial charge on any atom is -0.334 e. The lowest BCUT2D eigenvalue weighted by molar-refractivity contribution is 0.190. The largest absolute Gasteiger partial charge is 0.334 e. The number of hydrogen-bond donors (Lipinski definition) is 1. The zero-order valence-corrected chi connectivity index (χ0v) is 15.6. The Morgan fingerprint density at radius 3 is 2.96 bits per heavy atom. The van der Waals surface area contributed by atoms with E-state index in [9.17, 15) is 0 Å². The van der Waals surface area contributed by atoms with E-state index >= 15 is 0 Å². The molecule has 0 aliphatic carbocycles. The van der Waals surface area contributed by atoms with Gasteiger partial charge in [0.05, 0.1) is 23.5 Å². The molecule has 1 N–H and O–H groups in total. The molecule has 26 heavy (non-hydrogen) atoms. The summed E-state index contributed by atoms with van der Waals surface area (Å²) in [5.74, 6) is 1.99. The zero-order valence-electron chi connectivity index (χ0n) is 14.8. The van der Waals surface area contributed by atoms with Crippen molar-refractivity contribution in [1.82, 2.24) is 35.1 Å². The fourth-order valence-electron chi connectivity index (χ4n) is 3.14. The lowest BCUT2D eigenvalue weighted by Gasteiger charge is -2.30. The van der Waals surface area contributed by atoms with Crippen LogP contribution in [-0.4, -0.2) is 56.5 Å². The van der Waals surface area contributed by atoms with Crippen molar-refractivity contribution in [2.24, 2.45) is 0 Å². The van der Waals surface area contributed by atoms with E-state index in [4.69, 9.17) is 4.52 Å². The van der Waals surface area contributed by atoms with E-state index in [-0.39, 0.29) is 18.4 Å². The van der Waals surface area contributed by atoms with E-state index in [2.05, 4.69) is 44.4 Å². The topological polar surface area (TPSA) is 84.9 Å². The SMILES string of the molecule is CCc1c(-c2nc(C3CNCCN3C)no2)cnn1-c1ccccn1.Cl. The standard InChI is InChI=1S/C17H21N7O.ClH/c1-3-13-12(10-20-24(13)15-6-4-5-7-19-15)17-21-16(22-25-17)14-11-18-8-9-23(14)2;/h4-7,10,14,18H,3,8-9,11H2,1-2H3;1H. The number of hydrogen-bond acceptors (Lipinski definition) is 7. The van der Waals surface area contributed by atoms with Crippen molar-refractivity contribution >= 4 is 12.4 Å². The second-order valence-corrected chi connectivity index (χ2v) is 6.12. The second-order valence-electron chi connectivity index (χ2n) is 6.12. The molecule has 0 spiro atoms. The van der Waals surface area contributed by atoms with Gasteiger partial charge in [-0.15, -0.1) is 12.4 Å². The molecule has 1 aliphatic rings. The monoisotopic (exact) mass is 375 g/mol. The lowest BCUT2D eigenvalue weighted by atomic mass is 10.2. The number of nitrogens with zero attached hydrogens (tertiary/aromatic N) is 6. The van der Waals surface area contributed by atoms with Gasteiger partial charge in [-0.25, -0.2) is 9.67 Å². The van der Waals surface area contributed by atoms with Gasteiger partial charge >= 0.3 is 0 Å². The first-order valence-corrected chi connectivity index (χ1v) is 8.51. The highest BCUT2D eigenvalue weighted by Crippen LogP contribution is 2.26. The van der Waals surface area contributed by atoms with Crippen molar-refractivity contribution in [3.05, 3.63) is 42.1 Å². The fraction of sp³-hybridized carbons (Fsp3) is 0.412. The van der Waals surface area contributed by atoms with Crippen LogP contribution in [0, 0.1) is 0 Å². The first-order chi connectivity index (χ1) is 12.3. The number of halogens is 1. The number of piperazine rings is 1. The third-order valence-electron chi connectivity index (χ3n) is 4.55. The molecule has 1 unspecified atom stereocenters. The summed E-state index contributed by atoms with van der Waals surface area (Å²) >= 11 is 0. The Hall–Kier alpha value is -2.29. The minimum atomic E-state index is 0. The van der Waals surface area contributed by atoms with Crippen LogP contribution in [0.2, 0.25) is 0 Å². The average molecular weight is 376 g/mol. The molecule has 3 aromatic rings. The van der Waals surface area contributed by atoms with Gasteiger partial charge in [0.25, 0.3) is 5.89 Å². The maximum Gasteiger partial charge on any atom is 0.261 e. The summed E-state index contributed by atoms with van der Waals surface area (Å²) in [4.78, 5) is 11.2. The summed E-state index contributed by atoms with van der Waals surface area (Å²) in [6.45, 7) is 4.85. The molecule has 0 radical (unpaired) electrons. The average Bonchev–Trinajstić information content (AvgIpc) is 3.29. The summed E-state index contributed by atoms with van der Waals surface area (Å²) in [7, 11) is 2.08. The number of likely N-dealkylation sites (N-methyl/N-ethyl adjacent to an activating group) is 1. The molecule has 4 heterocycles. The van der Waals surface area contributed by atoms with Crippen molar-refractivity contribution in [3.63, 3.8) is 0 Å². The molecule has 1 fully saturated rings. The Morgan fingerprint density at radius 1 is 1.35 bits per heavy atom. The van der Waals surface area contributed by atoms with Gasteiger partial charge in [0, 0.05) is 25.8 Å². The van der Waals surface area contributed by atoms with E-state index in [0.717, 1.165) is 43.1 Å². The maximum atomic E-state index is 5.55. The molecule has 1 atom stereocenters. The predicted molar refractivity (Wildman–Crippen MR) is 99.5 cm³/mol. The van der Waals surface area contributed by atoms with Crippen molar-refractivity contribution in [2.75, 3.05) is 26.7 Å². The van der Waals surface area contributed by atoms with Crippen LogP contribution in [-0.2, 0) is 6.42 Å². The number of nitrogens with one attached hydrogen (secondary N) is 1. The summed E-state index contributed by atoms with van der Waals surface area (Å²) in [6.07, 6.45) is 4.31. The van der Waals surface area contributed by atoms with Gasteiger partial charge in [0.15, 0.2) is 11.6 Å². The molecule has 8 nitrogen and oxygen atoms in total. The van der Waals surface area contributed by atoms with Crippen molar-refractivity contribution in [1.29, 1.82) is 0 Å². The Morgan fingerprint density at radius 2 is 2.23 bits per heavy atom. The molecule has 0 amide bonds. The highest BCUT2D eigenvalue weighted by Gasteiger charge is 2.26. The molecular formula is C17H22ClN7O. The third kappa shape index (κ3) is 3.35. The van der Waals surface area contributed by atoms with Gasteiger partial charge in [-0.2, -0.15) is 10.1 Å². The maximum absolute atomic E-state index is 5.55. The van der Waals surface area contributed by atoms with E-state index in [1.54, 1.807) is 12.4 Å². The fourth-order valence-corrected chi connectivity index (χ4v) is 3.14. The highest BCUT2D eigenvalue weighted by molar-refractivity contribution is 5.85. The summed E-state index contributed by atoms with van der Waals surface area (Å²) in [5.41, 5.74) is 1.86. The van der Waals surface area contributed by atoms with Crippen LogP contribution in [0.4, 0.5) is 0 Å². The molecule has 0 saturated carbocycles. The van der Waals surface area contributed by atoms with Gasteiger partial charge in [-0.3, -0.25) is 4.90 Å². The molecule has 9 heteroatoms. The van der Waals surface area contributed by atoms with Gasteiger partial charge in [0.1, 0.15) is 0 Å². The first-order valence-electron chi connectivity index (χ1n) is 8.51. The van der Waals surface area contributed by atoms with E-state index < -0.39 is 0 Å². The summed E-state index contributed by atoms with van der Waals surface area (Å²) in [5, 5.41) is 12.1. The van der Waals surface area contributed by atoms with Gasteiger partial charge in [-0.05, 0) is 25.6 Å². The molecule has 4 rings (SSSR count). The van der Waals surface area contributed by atoms with Crippen LogP contribution in [0.1, 0.15) is 24.5 Å². The molecule has 3 aromatic heterocycles. The lowest BCUT2D eigenvalue weighted by Crippen LogP contribution is -2.44. The number of pyridine rings is 1. The predicted octanol–water partition coefficient (Wildman–Crippen LogP) is 1.88. The van der Waals surface area contributed by atoms with Crippen LogP contribution >= 0.6 is 12.4 Å². The molecule has 1 saturated heterocycles. The van der Waals surface area contributed by atoms with Gasteiger partial charge in [-0.1, -0.05) is 18.1 Å². The van der Waals surface area contributed by atoms with Crippen molar-refractivity contribution in [2.45, 2.75) is 19.4 Å². The number of rotatable bonds is 4. The Balaban J connectivity index is 0.00000196. The Kier molecular flexibility index (Phi) is 5.65. The third-order valence-corrected chi connectivity index (χ3v) is 4.55. The molecule has 0 bridgehead atoms. The summed E-state index contributed by atoms with van der Waals surface area (Å²) in [6, 6.07) is 5.89. The Labute approximate surface area is 158 Å². The van der Waals surface area contributed by atoms with Gasteiger partial charge < -0.3 is 9.84 Å². The summed E-state index contributed by atoms with van der Waals surface area (Å²) < 4.78 is 7.38. The molecule has 138 valence electrons. The van der Waals surface area contributed by atoms with E-state index in [1.165, 1.54) is 0 Å². The van der Waals surface area contributed by atoms with Crippen LogP contribution < -0.4 is 5.32 Å². The molecular weight excluding hydrogens is 354 g/mol. The molecule has 1 aliphatic heterocycles. The van der Waals surface area contributed by atoms with Crippen LogP contribution in [0.15, 0.2) is 35.1 Å². The van der Waals surface area contributed by atoms with Crippen molar-refractivity contribution in [3.8, 4) is 17.3 Å². The minimum absolute atomic E-state index is 0. The van der Waals surface area contributed by atoms with E-state index in [1.807, 2.05) is 22.9 Å². The quantitative estimate of drug-likeness (QED) is 0.745.